The monoisotopic (exact) mass is 218 g/mol. The lowest BCUT2D eigenvalue weighted by molar-refractivity contribution is -0.123. The van der Waals surface area contributed by atoms with Gasteiger partial charge in [0.25, 0.3) is 5.91 Å². The lowest BCUT2D eigenvalue weighted by Crippen LogP contribution is -2.36. The number of carbonyl (C=O) groups excluding carboxylic acids is 1. The fourth-order valence-corrected chi connectivity index (χ4v) is 1.99. The summed E-state index contributed by atoms with van der Waals surface area (Å²) in [5, 5.41) is 12.1. The summed E-state index contributed by atoms with van der Waals surface area (Å²) in [6.07, 6.45) is 0.800. The van der Waals surface area contributed by atoms with Crippen LogP contribution in [-0.2, 0) is 11.2 Å². The highest BCUT2D eigenvalue weighted by Gasteiger charge is 2.26. The number of nitrogens with zero attached hydrogens (tertiary/aromatic N) is 2. The normalized spacial score (nSPS) is 18.4. The van der Waals surface area contributed by atoms with Crippen molar-refractivity contribution in [1.82, 2.24) is 4.90 Å². The molecule has 0 aliphatic carbocycles. The Morgan fingerprint density at radius 3 is 2.88 bits per heavy atom. The summed E-state index contributed by atoms with van der Waals surface area (Å²) in [7, 11) is 0. The molecule has 0 radical (unpaired) electrons. The third-order valence-corrected chi connectivity index (χ3v) is 2.90. The number of carbonyl (C=O) groups is 1. The molecule has 1 amide bonds. The zero-order chi connectivity index (χ0) is 11.5. The lowest BCUT2D eigenvalue weighted by atomic mass is 10.0. The summed E-state index contributed by atoms with van der Waals surface area (Å²) in [5.41, 5.74) is 1.94. The van der Waals surface area contributed by atoms with E-state index < -0.39 is 0 Å². The van der Waals surface area contributed by atoms with Crippen LogP contribution in [0.1, 0.15) is 18.1 Å². The Labute approximate surface area is 94.2 Å². The van der Waals surface area contributed by atoms with Gasteiger partial charge >= 0.3 is 0 Å². The molecule has 0 atom stereocenters. The van der Waals surface area contributed by atoms with Gasteiger partial charge in [-0.25, -0.2) is 0 Å². The maximum atomic E-state index is 12.0. The Hall–Kier alpha value is -1.84. The molecular weight excluding hydrogens is 204 g/mol. The van der Waals surface area contributed by atoms with Crippen LogP contribution in [0.15, 0.2) is 29.4 Å². The Kier molecular flexibility index (Phi) is 2.90. The first-order chi connectivity index (χ1) is 7.77. The molecule has 0 spiro atoms. The van der Waals surface area contributed by atoms with Gasteiger partial charge in [0.05, 0.1) is 0 Å². The molecule has 1 heterocycles. The van der Waals surface area contributed by atoms with E-state index in [2.05, 4.69) is 5.16 Å². The largest absolute Gasteiger partial charge is 0.410 e. The van der Waals surface area contributed by atoms with Crippen LogP contribution in [0.2, 0.25) is 0 Å². The summed E-state index contributed by atoms with van der Waals surface area (Å²) in [6, 6.07) is 7.56. The Morgan fingerprint density at radius 2 is 2.19 bits per heavy atom. The first-order valence-electron chi connectivity index (χ1n) is 5.37. The van der Waals surface area contributed by atoms with Crippen molar-refractivity contribution >= 4 is 11.6 Å². The number of oxime groups is 1. The number of hydrogen-bond acceptors (Lipinski definition) is 3. The first kappa shape index (κ1) is 10.7. The lowest BCUT2D eigenvalue weighted by Gasteiger charge is -2.17. The number of amides is 1. The molecule has 0 unspecified atom stereocenters. The van der Waals surface area contributed by atoms with Crippen LogP contribution < -0.4 is 0 Å². The SMILES string of the molecule is CCN1CCc2ccccc2/C(=N/O)C1=O. The smallest absolute Gasteiger partial charge is 0.276 e. The molecule has 0 saturated carbocycles. The minimum absolute atomic E-state index is 0.148. The summed E-state index contributed by atoms with van der Waals surface area (Å²) in [4.78, 5) is 13.7. The van der Waals surface area contributed by atoms with Crippen LogP contribution in [0.4, 0.5) is 0 Å². The third kappa shape index (κ3) is 1.66. The van der Waals surface area contributed by atoms with Crippen LogP contribution in [0.3, 0.4) is 0 Å². The van der Waals surface area contributed by atoms with Crippen molar-refractivity contribution in [3.05, 3.63) is 35.4 Å². The van der Waals surface area contributed by atoms with Crippen molar-refractivity contribution in [2.24, 2.45) is 5.16 Å². The number of rotatable bonds is 1. The van der Waals surface area contributed by atoms with Gasteiger partial charge in [-0.1, -0.05) is 29.4 Å². The van der Waals surface area contributed by atoms with Crippen molar-refractivity contribution in [2.45, 2.75) is 13.3 Å². The number of benzene rings is 1. The number of fused-ring (bicyclic) bond motifs is 1. The topological polar surface area (TPSA) is 52.9 Å². The minimum Gasteiger partial charge on any atom is -0.410 e. The van der Waals surface area contributed by atoms with Gasteiger partial charge < -0.3 is 10.1 Å². The van der Waals surface area contributed by atoms with E-state index in [1.807, 2.05) is 31.2 Å². The van der Waals surface area contributed by atoms with Crippen molar-refractivity contribution < 1.29 is 10.0 Å². The predicted octanol–water partition coefficient (Wildman–Crippen LogP) is 1.27. The molecule has 84 valence electrons. The van der Waals surface area contributed by atoms with Gasteiger partial charge in [0, 0.05) is 18.7 Å². The second kappa shape index (κ2) is 4.35. The van der Waals surface area contributed by atoms with Gasteiger partial charge in [0.1, 0.15) is 0 Å². The third-order valence-electron chi connectivity index (χ3n) is 2.90. The summed E-state index contributed by atoms with van der Waals surface area (Å²) >= 11 is 0. The predicted molar refractivity (Wildman–Crippen MR) is 60.7 cm³/mol. The van der Waals surface area contributed by atoms with Crippen molar-refractivity contribution in [1.29, 1.82) is 0 Å². The van der Waals surface area contributed by atoms with E-state index in [1.165, 1.54) is 0 Å². The zero-order valence-electron chi connectivity index (χ0n) is 9.18. The molecule has 4 nitrogen and oxygen atoms in total. The minimum atomic E-state index is -0.199. The van der Waals surface area contributed by atoms with Gasteiger partial charge in [-0.05, 0) is 18.9 Å². The van der Waals surface area contributed by atoms with Crippen LogP contribution in [0.25, 0.3) is 0 Å². The zero-order valence-corrected chi connectivity index (χ0v) is 9.18. The summed E-state index contributed by atoms with van der Waals surface area (Å²) < 4.78 is 0. The van der Waals surface area contributed by atoms with E-state index >= 15 is 0 Å². The second-order valence-electron chi connectivity index (χ2n) is 3.74. The average Bonchev–Trinajstić information content (AvgIpc) is 2.45. The van der Waals surface area contributed by atoms with E-state index in [-0.39, 0.29) is 11.6 Å². The highest BCUT2D eigenvalue weighted by atomic mass is 16.4. The van der Waals surface area contributed by atoms with E-state index in [4.69, 9.17) is 5.21 Å². The average molecular weight is 218 g/mol. The Morgan fingerprint density at radius 1 is 1.44 bits per heavy atom. The van der Waals surface area contributed by atoms with Gasteiger partial charge in [-0.3, -0.25) is 4.79 Å². The Bertz CT molecular complexity index is 440. The highest BCUT2D eigenvalue weighted by Crippen LogP contribution is 2.16. The molecule has 0 bridgehead atoms. The van der Waals surface area contributed by atoms with Crippen molar-refractivity contribution in [2.75, 3.05) is 13.1 Å². The van der Waals surface area contributed by atoms with Gasteiger partial charge in [0.2, 0.25) is 0 Å². The fraction of sp³-hybridized carbons (Fsp3) is 0.333. The summed E-state index contributed by atoms with van der Waals surface area (Å²) in [5.74, 6) is -0.199. The molecule has 1 aromatic rings. The fourth-order valence-electron chi connectivity index (χ4n) is 1.99. The van der Waals surface area contributed by atoms with Crippen LogP contribution >= 0.6 is 0 Å². The Balaban J connectivity index is 2.50. The molecule has 0 fully saturated rings. The number of likely N-dealkylation sites (N-methyl/N-ethyl adjacent to an activating group) is 1. The van der Waals surface area contributed by atoms with Crippen LogP contribution in [0.5, 0.6) is 0 Å². The summed E-state index contributed by atoms with van der Waals surface area (Å²) in [6.45, 7) is 3.22. The van der Waals surface area contributed by atoms with Crippen molar-refractivity contribution in [3.8, 4) is 0 Å². The molecule has 2 rings (SSSR count). The van der Waals surface area contributed by atoms with Crippen LogP contribution in [0, 0.1) is 0 Å². The van der Waals surface area contributed by atoms with E-state index in [0.29, 0.717) is 13.1 Å². The molecule has 1 N–H and O–H groups in total. The molecule has 1 aliphatic heterocycles. The van der Waals surface area contributed by atoms with E-state index in [1.54, 1.807) is 4.90 Å². The molecule has 0 aromatic heterocycles. The van der Waals surface area contributed by atoms with Crippen LogP contribution in [-0.4, -0.2) is 34.8 Å². The van der Waals surface area contributed by atoms with E-state index in [9.17, 15) is 4.79 Å². The second-order valence-corrected chi connectivity index (χ2v) is 3.74. The standard InChI is InChI=1S/C12H14N2O2/c1-2-14-8-7-9-5-3-4-6-10(9)11(13-16)12(14)15/h3-6,16H,2,7-8H2,1H3/b13-11-. The molecule has 4 heteroatoms. The highest BCUT2D eigenvalue weighted by molar-refractivity contribution is 6.45. The van der Waals surface area contributed by atoms with Gasteiger partial charge in [0.15, 0.2) is 5.71 Å². The van der Waals surface area contributed by atoms with Gasteiger partial charge in [-0.15, -0.1) is 0 Å². The van der Waals surface area contributed by atoms with Crippen molar-refractivity contribution in [3.63, 3.8) is 0 Å². The molecule has 0 saturated heterocycles. The van der Waals surface area contributed by atoms with E-state index in [0.717, 1.165) is 17.5 Å². The maximum absolute atomic E-state index is 12.0. The van der Waals surface area contributed by atoms with Gasteiger partial charge in [-0.2, -0.15) is 0 Å². The first-order valence-corrected chi connectivity index (χ1v) is 5.37. The quantitative estimate of drug-likeness (QED) is 0.570. The molecule has 1 aromatic carbocycles. The number of hydrogen-bond donors (Lipinski definition) is 1. The maximum Gasteiger partial charge on any atom is 0.276 e. The molecule has 16 heavy (non-hydrogen) atoms. The molecular formula is C12H14N2O2. The molecule has 1 aliphatic rings.